The fraction of sp³-hybridized carbons (Fsp3) is 0.926. The molecule has 5 nitrogen and oxygen atoms in total. The zero-order chi connectivity index (χ0) is 23.5. The number of nitrogens with two attached hydrogens (primary N) is 1. The Bertz CT molecular complexity index is 748. The van der Waals surface area contributed by atoms with Crippen LogP contribution in [0, 0.1) is 46.3 Å². The number of fused-ring (bicyclic) bond motifs is 5. The van der Waals surface area contributed by atoms with Crippen molar-refractivity contribution in [1.82, 2.24) is 0 Å². The highest BCUT2D eigenvalue weighted by atomic mass is 16.5. The molecule has 182 valence electrons. The van der Waals surface area contributed by atoms with Gasteiger partial charge in [-0.25, -0.2) is 0 Å². The summed E-state index contributed by atoms with van der Waals surface area (Å²) in [6, 6.07) is -0.669. The summed E-state index contributed by atoms with van der Waals surface area (Å²) in [5.41, 5.74) is 5.74. The Morgan fingerprint density at radius 2 is 1.66 bits per heavy atom. The van der Waals surface area contributed by atoms with Crippen LogP contribution in [0.4, 0.5) is 0 Å². The van der Waals surface area contributed by atoms with Crippen molar-refractivity contribution in [3.63, 3.8) is 0 Å². The number of carbonyl (C=O) groups excluding carboxylic acids is 2. The summed E-state index contributed by atoms with van der Waals surface area (Å²) in [4.78, 5) is 25.3. The molecule has 4 aliphatic carbocycles. The van der Waals surface area contributed by atoms with Gasteiger partial charge in [0.25, 0.3) is 0 Å². The predicted octanol–water partition coefficient (Wildman–Crippen LogP) is 4.49. The van der Waals surface area contributed by atoms with Crippen LogP contribution in [0.2, 0.25) is 0 Å². The van der Waals surface area contributed by atoms with E-state index >= 15 is 0 Å². The summed E-state index contributed by atoms with van der Waals surface area (Å²) in [7, 11) is 0. The Hall–Kier alpha value is -0.940. The summed E-state index contributed by atoms with van der Waals surface area (Å²) >= 11 is 0. The van der Waals surface area contributed by atoms with Gasteiger partial charge in [0.2, 0.25) is 0 Å². The molecule has 9 atom stereocenters. The molecule has 0 aromatic rings. The molecule has 4 fully saturated rings. The topological polar surface area (TPSA) is 89.6 Å². The highest BCUT2D eigenvalue weighted by molar-refractivity contribution is 5.86. The van der Waals surface area contributed by atoms with Crippen molar-refractivity contribution < 1.29 is 19.4 Å². The molecule has 0 heterocycles. The lowest BCUT2D eigenvalue weighted by molar-refractivity contribution is -0.157. The van der Waals surface area contributed by atoms with E-state index in [-0.39, 0.29) is 29.6 Å². The maximum absolute atomic E-state index is 13.2. The Labute approximate surface area is 194 Å². The second kappa shape index (κ2) is 8.37. The average molecular weight is 448 g/mol. The third-order valence-corrected chi connectivity index (χ3v) is 10.7. The molecule has 32 heavy (non-hydrogen) atoms. The molecule has 3 N–H and O–H groups in total. The number of ketones is 1. The van der Waals surface area contributed by atoms with E-state index in [2.05, 4.69) is 13.8 Å². The average Bonchev–Trinajstić information content (AvgIpc) is 3.08. The maximum atomic E-state index is 13.2. The fourth-order valence-electron chi connectivity index (χ4n) is 8.57. The Morgan fingerprint density at radius 1 is 0.969 bits per heavy atom. The standard InChI is InChI=1S/C27H45NO4/c1-16(2)23(28)24(30)32-15-22(29)21-9-8-19-18-7-6-17-14-25(3,31)12-13-26(17,4)20(18)10-11-27(19,21)5/h16-21,23,31H,6-15,28H2,1-5H3/t17?,18-,19-,20?,21+,23?,25+,26-,27-/m0/s1. The van der Waals surface area contributed by atoms with E-state index in [1.807, 2.05) is 20.8 Å². The SMILES string of the molecule is CC(C)C(N)C(=O)OCC(=O)[C@H]1CC[C@H]2[C@@H]3CCC4C[C@](C)(O)CC[C@]4(C)C3CC[C@]12C. The van der Waals surface area contributed by atoms with Gasteiger partial charge in [-0.2, -0.15) is 0 Å². The molecule has 0 aromatic carbocycles. The number of ether oxygens (including phenoxy) is 1. The highest BCUT2D eigenvalue weighted by Gasteiger charge is 2.61. The van der Waals surface area contributed by atoms with Gasteiger partial charge >= 0.3 is 5.97 Å². The van der Waals surface area contributed by atoms with Gasteiger partial charge in [0, 0.05) is 5.92 Å². The molecule has 0 saturated heterocycles. The van der Waals surface area contributed by atoms with Gasteiger partial charge in [0.1, 0.15) is 12.6 Å². The first-order valence-electron chi connectivity index (χ1n) is 13.1. The van der Waals surface area contributed by atoms with Crippen molar-refractivity contribution in [2.75, 3.05) is 6.61 Å². The molecule has 4 aliphatic rings. The van der Waals surface area contributed by atoms with E-state index < -0.39 is 17.6 Å². The quantitative estimate of drug-likeness (QED) is 0.606. The summed E-state index contributed by atoms with van der Waals surface area (Å²) in [6.45, 7) is 10.5. The van der Waals surface area contributed by atoms with E-state index in [1.165, 1.54) is 19.3 Å². The van der Waals surface area contributed by atoms with Crippen LogP contribution in [0.25, 0.3) is 0 Å². The number of Topliss-reactive ketones (excluding diaryl/α,β-unsaturated/α-hetero) is 1. The van der Waals surface area contributed by atoms with Gasteiger partial charge in [-0.1, -0.05) is 27.7 Å². The van der Waals surface area contributed by atoms with Gasteiger partial charge in [-0.15, -0.1) is 0 Å². The first-order valence-corrected chi connectivity index (χ1v) is 13.1. The zero-order valence-corrected chi connectivity index (χ0v) is 20.9. The van der Waals surface area contributed by atoms with E-state index in [9.17, 15) is 14.7 Å². The number of rotatable bonds is 5. The predicted molar refractivity (Wildman–Crippen MR) is 125 cm³/mol. The third kappa shape index (κ3) is 3.96. The van der Waals surface area contributed by atoms with Gasteiger partial charge in [0.05, 0.1) is 5.60 Å². The molecule has 0 amide bonds. The molecule has 4 rings (SSSR count). The maximum Gasteiger partial charge on any atom is 0.323 e. The number of aliphatic hydroxyl groups is 1. The Balaban J connectivity index is 1.44. The molecular formula is C27H45NO4. The molecule has 0 radical (unpaired) electrons. The molecular weight excluding hydrogens is 402 g/mol. The van der Waals surface area contributed by atoms with Crippen molar-refractivity contribution in [1.29, 1.82) is 0 Å². The van der Waals surface area contributed by atoms with Crippen molar-refractivity contribution in [3.8, 4) is 0 Å². The van der Waals surface area contributed by atoms with Crippen LogP contribution in [-0.2, 0) is 14.3 Å². The minimum absolute atomic E-state index is 0.00115. The molecule has 0 aliphatic heterocycles. The van der Waals surface area contributed by atoms with E-state index in [1.54, 1.807) is 0 Å². The Kier molecular flexibility index (Phi) is 6.33. The lowest BCUT2D eigenvalue weighted by Crippen LogP contribution is -2.55. The minimum atomic E-state index is -0.669. The van der Waals surface area contributed by atoms with Crippen LogP contribution < -0.4 is 5.73 Å². The van der Waals surface area contributed by atoms with Gasteiger partial charge in [0.15, 0.2) is 5.78 Å². The van der Waals surface area contributed by atoms with Crippen molar-refractivity contribution in [2.24, 2.45) is 52.1 Å². The molecule has 0 aromatic heterocycles. The smallest absolute Gasteiger partial charge is 0.323 e. The lowest BCUT2D eigenvalue weighted by atomic mass is 9.44. The second-order valence-corrected chi connectivity index (χ2v) is 12.9. The molecule has 0 bridgehead atoms. The van der Waals surface area contributed by atoms with E-state index in [0.29, 0.717) is 29.1 Å². The summed E-state index contributed by atoms with van der Waals surface area (Å²) in [5, 5.41) is 10.7. The van der Waals surface area contributed by atoms with E-state index in [0.717, 1.165) is 38.5 Å². The number of esters is 1. The van der Waals surface area contributed by atoms with Crippen LogP contribution in [-0.4, -0.2) is 35.1 Å². The van der Waals surface area contributed by atoms with Crippen LogP contribution >= 0.6 is 0 Å². The van der Waals surface area contributed by atoms with Gasteiger partial charge in [-0.05, 0) is 105 Å². The zero-order valence-electron chi connectivity index (χ0n) is 20.9. The molecule has 3 unspecified atom stereocenters. The monoisotopic (exact) mass is 447 g/mol. The van der Waals surface area contributed by atoms with Crippen LogP contribution in [0.15, 0.2) is 0 Å². The van der Waals surface area contributed by atoms with Crippen molar-refractivity contribution in [2.45, 2.75) is 104 Å². The van der Waals surface area contributed by atoms with Crippen molar-refractivity contribution >= 4 is 11.8 Å². The summed E-state index contributed by atoms with van der Waals surface area (Å²) < 4.78 is 5.34. The second-order valence-electron chi connectivity index (χ2n) is 12.9. The van der Waals surface area contributed by atoms with E-state index in [4.69, 9.17) is 10.5 Å². The van der Waals surface area contributed by atoms with Crippen molar-refractivity contribution in [3.05, 3.63) is 0 Å². The first kappa shape index (κ1) is 24.2. The highest BCUT2D eigenvalue weighted by Crippen LogP contribution is 2.68. The first-order chi connectivity index (χ1) is 14.9. The molecule has 0 spiro atoms. The number of hydrogen-bond acceptors (Lipinski definition) is 5. The minimum Gasteiger partial charge on any atom is -0.457 e. The molecule has 4 saturated carbocycles. The Morgan fingerprint density at radius 3 is 2.34 bits per heavy atom. The van der Waals surface area contributed by atoms with Crippen LogP contribution in [0.5, 0.6) is 0 Å². The fourth-order valence-corrected chi connectivity index (χ4v) is 8.57. The lowest BCUT2D eigenvalue weighted by Gasteiger charge is -2.61. The summed E-state index contributed by atoms with van der Waals surface area (Å²) in [5.74, 6) is 2.24. The van der Waals surface area contributed by atoms with Crippen LogP contribution in [0.3, 0.4) is 0 Å². The van der Waals surface area contributed by atoms with Gasteiger partial charge < -0.3 is 15.6 Å². The molecule has 5 heteroatoms. The summed E-state index contributed by atoms with van der Waals surface area (Å²) in [6.07, 6.45) is 9.75. The number of hydrogen-bond donors (Lipinski definition) is 2. The van der Waals surface area contributed by atoms with Gasteiger partial charge in [-0.3, -0.25) is 9.59 Å². The third-order valence-electron chi connectivity index (χ3n) is 10.7. The normalized spacial score (nSPS) is 46.7. The largest absolute Gasteiger partial charge is 0.457 e. The van der Waals surface area contributed by atoms with Crippen LogP contribution in [0.1, 0.15) is 92.4 Å². The number of carbonyl (C=O) groups is 2.